The third kappa shape index (κ3) is 3.47. The molecule has 15 heavy (non-hydrogen) atoms. The fourth-order valence-corrected chi connectivity index (χ4v) is 1.31. The summed E-state index contributed by atoms with van der Waals surface area (Å²) < 4.78 is 26.0. The molecule has 0 aliphatic carbocycles. The highest BCUT2D eigenvalue weighted by Gasteiger charge is 2.08. The molecule has 4 heteroatoms. The first-order valence-corrected chi connectivity index (χ1v) is 4.92. The summed E-state index contributed by atoms with van der Waals surface area (Å²) in [6.07, 6.45) is 0.771. The van der Waals surface area contributed by atoms with Crippen molar-refractivity contribution in [1.29, 1.82) is 0 Å². The monoisotopic (exact) mass is 214 g/mol. The normalized spacial score (nSPS) is 12.6. The molecule has 1 atom stereocenters. The molecule has 0 radical (unpaired) electrons. The van der Waals surface area contributed by atoms with Crippen molar-refractivity contribution >= 4 is 5.69 Å². The summed E-state index contributed by atoms with van der Waals surface area (Å²) in [4.78, 5) is 1.73. The Morgan fingerprint density at radius 3 is 2.60 bits per heavy atom. The van der Waals surface area contributed by atoms with Gasteiger partial charge in [0.05, 0.1) is 5.69 Å². The molecular formula is C11H16F2N2. The second-order valence-electron chi connectivity index (χ2n) is 3.78. The lowest BCUT2D eigenvalue weighted by Crippen LogP contribution is -2.26. The van der Waals surface area contributed by atoms with Crippen LogP contribution in [0.4, 0.5) is 14.5 Å². The number of nitrogens with zero attached hydrogens (tertiary/aromatic N) is 1. The van der Waals surface area contributed by atoms with Gasteiger partial charge in [-0.05, 0) is 25.5 Å². The van der Waals surface area contributed by atoms with Crippen molar-refractivity contribution in [3.63, 3.8) is 0 Å². The highest BCUT2D eigenvalue weighted by molar-refractivity contribution is 5.46. The maximum atomic E-state index is 13.3. The number of halogens is 2. The maximum Gasteiger partial charge on any atom is 0.149 e. The number of nitrogens with two attached hydrogens (primary N) is 1. The van der Waals surface area contributed by atoms with Crippen LogP contribution < -0.4 is 10.6 Å². The molecule has 1 aromatic rings. The molecule has 0 bridgehead atoms. The van der Waals surface area contributed by atoms with Gasteiger partial charge in [-0.3, -0.25) is 0 Å². The number of rotatable bonds is 4. The zero-order chi connectivity index (χ0) is 11.4. The van der Waals surface area contributed by atoms with Crippen LogP contribution in [0.5, 0.6) is 0 Å². The summed E-state index contributed by atoms with van der Waals surface area (Å²) in [7, 11) is 1.76. The highest BCUT2D eigenvalue weighted by Crippen LogP contribution is 2.18. The largest absolute Gasteiger partial charge is 0.372 e. The van der Waals surface area contributed by atoms with Crippen LogP contribution in [-0.2, 0) is 0 Å². The van der Waals surface area contributed by atoms with Crippen molar-refractivity contribution in [3.05, 3.63) is 29.8 Å². The first-order valence-electron chi connectivity index (χ1n) is 4.92. The van der Waals surface area contributed by atoms with E-state index in [4.69, 9.17) is 5.73 Å². The molecule has 0 aliphatic heterocycles. The van der Waals surface area contributed by atoms with Crippen LogP contribution in [0.25, 0.3) is 0 Å². The summed E-state index contributed by atoms with van der Waals surface area (Å²) in [6, 6.07) is 3.65. The Kier molecular flexibility index (Phi) is 4.03. The van der Waals surface area contributed by atoms with Crippen molar-refractivity contribution in [1.82, 2.24) is 0 Å². The van der Waals surface area contributed by atoms with E-state index in [1.807, 2.05) is 6.92 Å². The minimum absolute atomic E-state index is 0.0796. The van der Waals surface area contributed by atoms with E-state index in [1.54, 1.807) is 11.9 Å². The summed E-state index contributed by atoms with van der Waals surface area (Å²) in [5.41, 5.74) is 6.00. The van der Waals surface area contributed by atoms with Gasteiger partial charge < -0.3 is 10.6 Å². The molecule has 0 amide bonds. The first kappa shape index (κ1) is 11.9. The van der Waals surface area contributed by atoms with E-state index in [0.29, 0.717) is 12.2 Å². The van der Waals surface area contributed by atoms with Gasteiger partial charge in [-0.2, -0.15) is 0 Å². The molecule has 0 saturated carbocycles. The number of hydrogen-bond donors (Lipinski definition) is 1. The Morgan fingerprint density at radius 1 is 1.40 bits per heavy atom. The predicted octanol–water partition coefficient (Wildman–Crippen LogP) is 2.14. The fraction of sp³-hybridized carbons (Fsp3) is 0.455. The Hall–Kier alpha value is -1.16. The minimum atomic E-state index is -0.558. The number of hydrogen-bond acceptors (Lipinski definition) is 2. The Bertz CT molecular complexity index is 326. The lowest BCUT2D eigenvalue weighted by atomic mass is 10.2. The van der Waals surface area contributed by atoms with Gasteiger partial charge in [0.1, 0.15) is 11.6 Å². The summed E-state index contributed by atoms with van der Waals surface area (Å²) in [5.74, 6) is -1.10. The van der Waals surface area contributed by atoms with Crippen molar-refractivity contribution in [2.75, 3.05) is 18.5 Å². The van der Waals surface area contributed by atoms with Crippen LogP contribution in [0.15, 0.2) is 18.2 Å². The summed E-state index contributed by atoms with van der Waals surface area (Å²) in [6.45, 7) is 2.55. The minimum Gasteiger partial charge on any atom is -0.372 e. The summed E-state index contributed by atoms with van der Waals surface area (Å²) >= 11 is 0. The first-order chi connectivity index (χ1) is 7.00. The third-order valence-electron chi connectivity index (χ3n) is 2.24. The zero-order valence-corrected chi connectivity index (χ0v) is 9.00. The van der Waals surface area contributed by atoms with Crippen LogP contribution in [-0.4, -0.2) is 19.6 Å². The molecule has 0 saturated heterocycles. The van der Waals surface area contributed by atoms with Gasteiger partial charge in [-0.25, -0.2) is 8.78 Å². The van der Waals surface area contributed by atoms with Gasteiger partial charge in [-0.15, -0.1) is 0 Å². The molecule has 0 fully saturated rings. The third-order valence-corrected chi connectivity index (χ3v) is 2.24. The molecule has 84 valence electrons. The van der Waals surface area contributed by atoms with Crippen molar-refractivity contribution < 1.29 is 8.78 Å². The van der Waals surface area contributed by atoms with Crippen molar-refractivity contribution in [2.24, 2.45) is 5.73 Å². The van der Waals surface area contributed by atoms with Crippen molar-refractivity contribution in [3.8, 4) is 0 Å². The van der Waals surface area contributed by atoms with Crippen LogP contribution in [0.1, 0.15) is 13.3 Å². The molecule has 1 unspecified atom stereocenters. The van der Waals surface area contributed by atoms with E-state index >= 15 is 0 Å². The van der Waals surface area contributed by atoms with Crippen molar-refractivity contribution in [2.45, 2.75) is 19.4 Å². The lowest BCUT2D eigenvalue weighted by molar-refractivity contribution is 0.577. The molecule has 0 aromatic heterocycles. The fourth-order valence-electron chi connectivity index (χ4n) is 1.31. The van der Waals surface area contributed by atoms with Gasteiger partial charge in [0.25, 0.3) is 0 Å². The van der Waals surface area contributed by atoms with E-state index in [9.17, 15) is 8.78 Å². The smallest absolute Gasteiger partial charge is 0.149 e. The van der Waals surface area contributed by atoms with E-state index in [2.05, 4.69) is 0 Å². The lowest BCUT2D eigenvalue weighted by Gasteiger charge is -2.20. The SMILES string of the molecule is CC(N)CCN(C)c1ccc(F)cc1F. The molecule has 2 N–H and O–H groups in total. The van der Waals surface area contributed by atoms with Crippen LogP contribution in [0, 0.1) is 11.6 Å². The molecule has 1 rings (SSSR count). The van der Waals surface area contributed by atoms with Crippen LogP contribution >= 0.6 is 0 Å². The average Bonchev–Trinajstić information content (AvgIpc) is 2.14. The zero-order valence-electron chi connectivity index (χ0n) is 9.00. The standard InChI is InChI=1S/C11H16F2N2/c1-8(14)5-6-15(2)11-4-3-9(12)7-10(11)13/h3-4,7-8H,5-6,14H2,1-2H3. The molecular weight excluding hydrogens is 198 g/mol. The highest BCUT2D eigenvalue weighted by atomic mass is 19.1. The summed E-state index contributed by atoms with van der Waals surface area (Å²) in [5, 5.41) is 0. The molecule has 2 nitrogen and oxygen atoms in total. The molecule has 1 aromatic carbocycles. The maximum absolute atomic E-state index is 13.3. The molecule has 0 heterocycles. The number of benzene rings is 1. The van der Waals surface area contributed by atoms with E-state index in [-0.39, 0.29) is 6.04 Å². The second kappa shape index (κ2) is 5.07. The van der Waals surface area contributed by atoms with E-state index in [0.717, 1.165) is 12.5 Å². The Morgan fingerprint density at radius 2 is 2.07 bits per heavy atom. The topological polar surface area (TPSA) is 29.3 Å². The average molecular weight is 214 g/mol. The second-order valence-corrected chi connectivity index (χ2v) is 3.78. The molecule has 0 spiro atoms. The van der Waals surface area contributed by atoms with Crippen LogP contribution in [0.3, 0.4) is 0 Å². The van der Waals surface area contributed by atoms with Gasteiger partial charge in [-0.1, -0.05) is 0 Å². The predicted molar refractivity (Wildman–Crippen MR) is 57.9 cm³/mol. The van der Waals surface area contributed by atoms with Gasteiger partial charge >= 0.3 is 0 Å². The van der Waals surface area contributed by atoms with E-state index in [1.165, 1.54) is 12.1 Å². The Balaban J connectivity index is 2.69. The van der Waals surface area contributed by atoms with Gasteiger partial charge in [0, 0.05) is 25.7 Å². The Labute approximate surface area is 88.7 Å². The molecule has 0 aliphatic rings. The van der Waals surface area contributed by atoms with Gasteiger partial charge in [0.2, 0.25) is 0 Å². The number of anilines is 1. The van der Waals surface area contributed by atoms with E-state index < -0.39 is 11.6 Å². The van der Waals surface area contributed by atoms with Gasteiger partial charge in [0.15, 0.2) is 0 Å². The van der Waals surface area contributed by atoms with Crippen LogP contribution in [0.2, 0.25) is 0 Å². The quantitative estimate of drug-likeness (QED) is 0.832.